The summed E-state index contributed by atoms with van der Waals surface area (Å²) in [6, 6.07) is 0.291. The molecular formula is C17H32N2O2. The lowest BCUT2D eigenvalue weighted by Gasteiger charge is -2.37. The minimum absolute atomic E-state index is 0.211. The van der Waals surface area contributed by atoms with E-state index >= 15 is 0 Å². The van der Waals surface area contributed by atoms with Crippen LogP contribution in [0.15, 0.2) is 0 Å². The molecule has 0 unspecified atom stereocenters. The first kappa shape index (κ1) is 16.8. The van der Waals surface area contributed by atoms with E-state index in [0.29, 0.717) is 18.6 Å². The van der Waals surface area contributed by atoms with Gasteiger partial charge in [0.15, 0.2) is 0 Å². The molecule has 1 atom stereocenters. The molecule has 1 heterocycles. The molecule has 0 bridgehead atoms. The van der Waals surface area contributed by atoms with Crippen LogP contribution in [-0.4, -0.2) is 38.8 Å². The minimum Gasteiger partial charge on any atom is -0.384 e. The number of ether oxygens (including phenoxy) is 1. The van der Waals surface area contributed by atoms with E-state index in [1.54, 1.807) is 7.11 Å². The summed E-state index contributed by atoms with van der Waals surface area (Å²) < 4.78 is 5.36. The molecule has 4 nitrogen and oxygen atoms in total. The summed E-state index contributed by atoms with van der Waals surface area (Å²) in [4.78, 5) is 12.8. The van der Waals surface area contributed by atoms with E-state index in [2.05, 4.69) is 17.6 Å². The molecule has 1 saturated carbocycles. The zero-order chi connectivity index (χ0) is 15.1. The van der Waals surface area contributed by atoms with Crippen LogP contribution in [0, 0.1) is 11.3 Å². The number of carbonyl (C=O) groups excluding carboxylic acids is 1. The van der Waals surface area contributed by atoms with Crippen molar-refractivity contribution in [3.63, 3.8) is 0 Å². The Hall–Kier alpha value is -0.610. The van der Waals surface area contributed by atoms with Crippen LogP contribution >= 0.6 is 0 Å². The Balaban J connectivity index is 1.93. The molecule has 0 aromatic rings. The number of nitrogens with one attached hydrogen (secondary N) is 2. The zero-order valence-corrected chi connectivity index (χ0v) is 13.7. The molecule has 2 rings (SSSR count). The Kier molecular flexibility index (Phi) is 6.49. The molecule has 1 aliphatic carbocycles. The van der Waals surface area contributed by atoms with Gasteiger partial charge in [-0.15, -0.1) is 0 Å². The van der Waals surface area contributed by atoms with E-state index < -0.39 is 0 Å². The highest BCUT2D eigenvalue weighted by Gasteiger charge is 2.40. The summed E-state index contributed by atoms with van der Waals surface area (Å²) in [7, 11) is 1.70. The van der Waals surface area contributed by atoms with Gasteiger partial charge in [0.2, 0.25) is 5.91 Å². The summed E-state index contributed by atoms with van der Waals surface area (Å²) >= 11 is 0. The Bertz CT molecular complexity index is 313. The second-order valence-electron chi connectivity index (χ2n) is 6.98. The normalized spacial score (nSPS) is 25.0. The molecule has 1 amide bonds. The lowest BCUT2D eigenvalue weighted by Crippen LogP contribution is -2.53. The van der Waals surface area contributed by atoms with Crippen LogP contribution in [-0.2, 0) is 9.53 Å². The van der Waals surface area contributed by atoms with Crippen molar-refractivity contribution in [2.24, 2.45) is 11.3 Å². The van der Waals surface area contributed by atoms with Crippen LogP contribution in [0.2, 0.25) is 0 Å². The number of hydrogen-bond donors (Lipinski definition) is 2. The van der Waals surface area contributed by atoms with Crippen LogP contribution in [0.3, 0.4) is 0 Å². The highest BCUT2D eigenvalue weighted by molar-refractivity contribution is 5.83. The molecular weight excluding hydrogens is 264 g/mol. The molecule has 0 aromatic carbocycles. The standard InChI is InChI=1S/C17H32N2O2/c1-14(15-7-5-3-4-6-8-15)19-16(20)17(13-21-2)9-11-18-12-10-17/h14-15,18H,3-13H2,1-2H3,(H,19,20)/t14-/m0/s1. The summed E-state index contributed by atoms with van der Waals surface area (Å²) in [5.74, 6) is 0.861. The molecule has 4 heteroatoms. The van der Waals surface area contributed by atoms with Crippen molar-refractivity contribution in [1.82, 2.24) is 10.6 Å². The second kappa shape index (κ2) is 8.14. The molecule has 1 saturated heterocycles. The number of methoxy groups -OCH3 is 1. The zero-order valence-electron chi connectivity index (χ0n) is 13.7. The maximum atomic E-state index is 12.8. The van der Waals surface area contributed by atoms with E-state index in [9.17, 15) is 4.79 Å². The van der Waals surface area contributed by atoms with Gasteiger partial charge in [-0.05, 0) is 51.6 Å². The third-order valence-corrected chi connectivity index (χ3v) is 5.43. The van der Waals surface area contributed by atoms with Gasteiger partial charge in [-0.25, -0.2) is 0 Å². The van der Waals surface area contributed by atoms with E-state index in [4.69, 9.17) is 4.74 Å². The highest BCUT2D eigenvalue weighted by Crippen LogP contribution is 2.31. The fourth-order valence-corrected chi connectivity index (χ4v) is 3.91. The third-order valence-electron chi connectivity index (χ3n) is 5.43. The first-order chi connectivity index (χ1) is 10.2. The average Bonchev–Trinajstić information content (AvgIpc) is 2.77. The molecule has 21 heavy (non-hydrogen) atoms. The van der Waals surface area contributed by atoms with Crippen molar-refractivity contribution < 1.29 is 9.53 Å². The van der Waals surface area contributed by atoms with Crippen molar-refractivity contribution in [2.75, 3.05) is 26.8 Å². The fourth-order valence-electron chi connectivity index (χ4n) is 3.91. The van der Waals surface area contributed by atoms with Crippen LogP contribution in [0.25, 0.3) is 0 Å². The quantitative estimate of drug-likeness (QED) is 0.766. The van der Waals surface area contributed by atoms with Gasteiger partial charge in [0.25, 0.3) is 0 Å². The minimum atomic E-state index is -0.320. The Morgan fingerprint density at radius 2 is 1.86 bits per heavy atom. The average molecular weight is 296 g/mol. The van der Waals surface area contributed by atoms with E-state index in [1.165, 1.54) is 38.5 Å². The van der Waals surface area contributed by atoms with Crippen LogP contribution in [0.5, 0.6) is 0 Å². The Morgan fingerprint density at radius 1 is 1.24 bits per heavy atom. The van der Waals surface area contributed by atoms with Gasteiger partial charge in [-0.2, -0.15) is 0 Å². The molecule has 0 radical (unpaired) electrons. The maximum absolute atomic E-state index is 12.8. The predicted molar refractivity (Wildman–Crippen MR) is 85.2 cm³/mol. The highest BCUT2D eigenvalue weighted by atomic mass is 16.5. The number of piperidine rings is 1. The lowest BCUT2D eigenvalue weighted by atomic mass is 9.78. The number of carbonyl (C=O) groups is 1. The van der Waals surface area contributed by atoms with Crippen LogP contribution < -0.4 is 10.6 Å². The molecule has 0 aromatic heterocycles. The Labute approximate surface area is 129 Å². The molecule has 122 valence electrons. The topological polar surface area (TPSA) is 50.4 Å². The SMILES string of the molecule is COCC1(C(=O)N[C@@H](C)C2CCCCCC2)CCNCC1. The number of amides is 1. The van der Waals surface area contributed by atoms with Crippen LogP contribution in [0.1, 0.15) is 58.3 Å². The molecule has 0 spiro atoms. The van der Waals surface area contributed by atoms with E-state index in [1.807, 2.05) is 0 Å². The van der Waals surface area contributed by atoms with E-state index in [-0.39, 0.29) is 11.3 Å². The molecule has 2 fully saturated rings. The molecule has 2 N–H and O–H groups in total. The van der Waals surface area contributed by atoms with Crippen molar-refractivity contribution in [2.45, 2.75) is 64.3 Å². The third kappa shape index (κ3) is 4.43. The predicted octanol–water partition coefficient (Wildman–Crippen LogP) is 2.48. The Morgan fingerprint density at radius 3 is 2.43 bits per heavy atom. The first-order valence-electron chi connectivity index (χ1n) is 8.68. The molecule has 2 aliphatic rings. The van der Waals surface area contributed by atoms with Gasteiger partial charge in [-0.3, -0.25) is 4.79 Å². The summed E-state index contributed by atoms with van der Waals surface area (Å²) in [6.07, 6.45) is 9.64. The van der Waals surface area contributed by atoms with Gasteiger partial charge in [0.05, 0.1) is 12.0 Å². The summed E-state index contributed by atoms with van der Waals surface area (Å²) in [5.41, 5.74) is -0.320. The van der Waals surface area contributed by atoms with Gasteiger partial charge in [0, 0.05) is 13.2 Å². The molecule has 1 aliphatic heterocycles. The first-order valence-corrected chi connectivity index (χ1v) is 8.68. The van der Waals surface area contributed by atoms with Crippen molar-refractivity contribution in [3.8, 4) is 0 Å². The van der Waals surface area contributed by atoms with Gasteiger partial charge in [-0.1, -0.05) is 25.7 Å². The van der Waals surface area contributed by atoms with Crippen LogP contribution in [0.4, 0.5) is 0 Å². The van der Waals surface area contributed by atoms with Gasteiger partial charge in [0.1, 0.15) is 0 Å². The summed E-state index contributed by atoms with van der Waals surface area (Å²) in [5, 5.41) is 6.67. The van der Waals surface area contributed by atoms with Crippen molar-refractivity contribution in [3.05, 3.63) is 0 Å². The summed E-state index contributed by atoms with van der Waals surface area (Å²) in [6.45, 7) is 4.55. The van der Waals surface area contributed by atoms with Gasteiger partial charge < -0.3 is 15.4 Å². The fraction of sp³-hybridized carbons (Fsp3) is 0.941. The monoisotopic (exact) mass is 296 g/mol. The van der Waals surface area contributed by atoms with Crippen molar-refractivity contribution >= 4 is 5.91 Å². The van der Waals surface area contributed by atoms with E-state index in [0.717, 1.165) is 25.9 Å². The largest absolute Gasteiger partial charge is 0.384 e. The van der Waals surface area contributed by atoms with Gasteiger partial charge >= 0.3 is 0 Å². The number of rotatable bonds is 5. The smallest absolute Gasteiger partial charge is 0.228 e. The number of hydrogen-bond acceptors (Lipinski definition) is 3. The second-order valence-corrected chi connectivity index (χ2v) is 6.98. The van der Waals surface area contributed by atoms with Crippen molar-refractivity contribution in [1.29, 1.82) is 0 Å². The lowest BCUT2D eigenvalue weighted by molar-refractivity contribution is -0.137. The maximum Gasteiger partial charge on any atom is 0.228 e.